The van der Waals surface area contributed by atoms with E-state index in [0.29, 0.717) is 11.6 Å². The van der Waals surface area contributed by atoms with Gasteiger partial charge in [-0.25, -0.2) is 8.42 Å². The van der Waals surface area contributed by atoms with Crippen LogP contribution in [0, 0.1) is 0 Å². The second kappa shape index (κ2) is 6.77. The molecule has 0 radical (unpaired) electrons. The van der Waals surface area contributed by atoms with Crippen LogP contribution in [0.5, 0.6) is 0 Å². The van der Waals surface area contributed by atoms with Gasteiger partial charge in [-0.1, -0.05) is 30.7 Å². The maximum absolute atomic E-state index is 12.7. The fourth-order valence-corrected chi connectivity index (χ4v) is 5.42. The third-order valence-corrected chi connectivity index (χ3v) is 6.88. The predicted octanol–water partition coefficient (Wildman–Crippen LogP) is 4.71. The zero-order valence-electron chi connectivity index (χ0n) is 12.8. The summed E-state index contributed by atoms with van der Waals surface area (Å²) < 4.78 is 27.1. The summed E-state index contributed by atoms with van der Waals surface area (Å²) >= 11 is 7.57. The molecule has 2 aromatic rings. The molecule has 23 heavy (non-hydrogen) atoms. The van der Waals surface area contributed by atoms with Gasteiger partial charge in [0, 0.05) is 21.9 Å². The van der Waals surface area contributed by atoms with Crippen LogP contribution in [0.3, 0.4) is 0 Å². The molecule has 3 rings (SSSR count). The molecular formula is C17H18ClNO2S2. The highest BCUT2D eigenvalue weighted by atomic mass is 35.5. The summed E-state index contributed by atoms with van der Waals surface area (Å²) in [6.45, 7) is 2.57. The van der Waals surface area contributed by atoms with Crippen molar-refractivity contribution in [3.05, 3.63) is 62.1 Å². The molecule has 0 amide bonds. The minimum atomic E-state index is -3.45. The smallest absolute Gasteiger partial charge is 0.207 e. The second-order valence-corrected chi connectivity index (χ2v) is 8.69. The van der Waals surface area contributed by atoms with Gasteiger partial charge in [-0.2, -0.15) is 4.31 Å². The van der Waals surface area contributed by atoms with Crippen LogP contribution in [0.1, 0.15) is 35.4 Å². The lowest BCUT2D eigenvalue weighted by atomic mass is 10.0. The van der Waals surface area contributed by atoms with Gasteiger partial charge in [-0.05, 0) is 53.6 Å². The monoisotopic (exact) mass is 367 g/mol. The molecule has 0 spiro atoms. The third kappa shape index (κ3) is 3.53. The summed E-state index contributed by atoms with van der Waals surface area (Å²) in [5, 5.41) is 3.99. The summed E-state index contributed by atoms with van der Waals surface area (Å²) in [5.41, 5.74) is 1.98. The van der Waals surface area contributed by atoms with Crippen LogP contribution < -0.4 is 0 Å². The van der Waals surface area contributed by atoms with Crippen molar-refractivity contribution in [3.8, 4) is 0 Å². The number of hydrogen-bond acceptors (Lipinski definition) is 3. The summed E-state index contributed by atoms with van der Waals surface area (Å²) in [4.78, 5) is 1.31. The fourth-order valence-electron chi connectivity index (χ4n) is 2.92. The van der Waals surface area contributed by atoms with Crippen molar-refractivity contribution in [1.82, 2.24) is 4.31 Å². The van der Waals surface area contributed by atoms with Crippen LogP contribution in [-0.4, -0.2) is 19.3 Å². The highest BCUT2D eigenvalue weighted by Gasteiger charge is 2.33. The normalized spacial score (nSPS) is 19.1. The molecule has 6 heteroatoms. The summed E-state index contributed by atoms with van der Waals surface area (Å²) in [5.74, 6) is 0. The van der Waals surface area contributed by atoms with E-state index in [-0.39, 0.29) is 6.04 Å². The van der Waals surface area contributed by atoms with Gasteiger partial charge in [-0.3, -0.25) is 0 Å². The van der Waals surface area contributed by atoms with Gasteiger partial charge in [0.2, 0.25) is 10.0 Å². The Morgan fingerprint density at radius 3 is 2.74 bits per heavy atom. The number of benzene rings is 1. The Morgan fingerprint density at radius 1 is 1.30 bits per heavy atom. The average molecular weight is 368 g/mol. The molecule has 0 aliphatic carbocycles. The SMILES string of the molecule is CCC1c2ccsc2CCN1S(=O)(=O)/C=C/c1ccc(Cl)cc1. The maximum atomic E-state index is 12.7. The van der Waals surface area contributed by atoms with Gasteiger partial charge < -0.3 is 0 Å². The summed E-state index contributed by atoms with van der Waals surface area (Å²) in [6.07, 6.45) is 3.19. The van der Waals surface area contributed by atoms with Crippen molar-refractivity contribution in [2.24, 2.45) is 0 Å². The molecule has 1 aliphatic rings. The molecule has 0 fully saturated rings. The van der Waals surface area contributed by atoms with Gasteiger partial charge >= 0.3 is 0 Å². The molecule has 122 valence electrons. The molecule has 1 aromatic heterocycles. The summed E-state index contributed by atoms with van der Waals surface area (Å²) in [6, 6.07) is 9.10. The maximum Gasteiger partial charge on any atom is 0.236 e. The van der Waals surface area contributed by atoms with E-state index < -0.39 is 10.0 Å². The Hall–Kier alpha value is -1.14. The zero-order chi connectivity index (χ0) is 16.4. The highest BCUT2D eigenvalue weighted by Crippen LogP contribution is 2.37. The lowest BCUT2D eigenvalue weighted by molar-refractivity contribution is 0.307. The molecule has 1 atom stereocenters. The van der Waals surface area contributed by atoms with Crippen LogP contribution in [0.25, 0.3) is 6.08 Å². The average Bonchev–Trinajstić information content (AvgIpc) is 3.02. The van der Waals surface area contributed by atoms with Crippen molar-refractivity contribution in [2.75, 3.05) is 6.54 Å². The molecular weight excluding hydrogens is 350 g/mol. The second-order valence-electron chi connectivity index (χ2n) is 5.48. The Kier molecular flexibility index (Phi) is 4.92. The number of thiophene rings is 1. The molecule has 1 unspecified atom stereocenters. The largest absolute Gasteiger partial charge is 0.236 e. The van der Waals surface area contributed by atoms with E-state index in [0.717, 1.165) is 24.0 Å². The molecule has 2 heterocycles. The minimum absolute atomic E-state index is 0.0649. The Bertz CT molecular complexity index is 809. The highest BCUT2D eigenvalue weighted by molar-refractivity contribution is 7.92. The molecule has 1 aromatic carbocycles. The van der Waals surface area contributed by atoms with Crippen molar-refractivity contribution >= 4 is 39.0 Å². The van der Waals surface area contributed by atoms with E-state index >= 15 is 0 Å². The number of fused-ring (bicyclic) bond motifs is 1. The molecule has 0 saturated heterocycles. The van der Waals surface area contributed by atoms with Gasteiger partial charge in [-0.15, -0.1) is 11.3 Å². The quantitative estimate of drug-likeness (QED) is 0.784. The first kappa shape index (κ1) is 16.7. The van der Waals surface area contributed by atoms with Crippen molar-refractivity contribution in [3.63, 3.8) is 0 Å². The van der Waals surface area contributed by atoms with Crippen LogP contribution >= 0.6 is 22.9 Å². The Labute approximate surface area is 146 Å². The van der Waals surface area contributed by atoms with E-state index in [1.807, 2.05) is 12.3 Å². The molecule has 3 nitrogen and oxygen atoms in total. The topological polar surface area (TPSA) is 37.4 Å². The van der Waals surface area contributed by atoms with Gasteiger partial charge in [0.1, 0.15) is 0 Å². The first-order valence-electron chi connectivity index (χ1n) is 7.53. The zero-order valence-corrected chi connectivity index (χ0v) is 15.2. The number of halogens is 1. The third-order valence-electron chi connectivity index (χ3n) is 4.06. The molecule has 0 bridgehead atoms. The van der Waals surface area contributed by atoms with E-state index in [2.05, 4.69) is 6.07 Å². The summed E-state index contributed by atoms with van der Waals surface area (Å²) in [7, 11) is -3.45. The Morgan fingerprint density at radius 2 is 2.04 bits per heavy atom. The lowest BCUT2D eigenvalue weighted by Gasteiger charge is -2.33. The van der Waals surface area contributed by atoms with Crippen molar-refractivity contribution < 1.29 is 8.42 Å². The molecule has 0 N–H and O–H groups in total. The van der Waals surface area contributed by atoms with Gasteiger partial charge in [0.25, 0.3) is 0 Å². The van der Waals surface area contributed by atoms with Crippen LogP contribution in [-0.2, 0) is 16.4 Å². The Balaban J connectivity index is 1.86. The van der Waals surface area contributed by atoms with Crippen molar-refractivity contribution in [2.45, 2.75) is 25.8 Å². The molecule has 0 saturated carbocycles. The van der Waals surface area contributed by atoms with Crippen molar-refractivity contribution in [1.29, 1.82) is 0 Å². The van der Waals surface area contributed by atoms with E-state index in [1.54, 1.807) is 46.0 Å². The van der Waals surface area contributed by atoms with E-state index in [1.165, 1.54) is 10.3 Å². The van der Waals surface area contributed by atoms with Crippen LogP contribution in [0.4, 0.5) is 0 Å². The number of hydrogen-bond donors (Lipinski definition) is 0. The lowest BCUT2D eigenvalue weighted by Crippen LogP contribution is -2.38. The molecule has 1 aliphatic heterocycles. The van der Waals surface area contributed by atoms with Gasteiger partial charge in [0.05, 0.1) is 6.04 Å². The van der Waals surface area contributed by atoms with Crippen LogP contribution in [0.15, 0.2) is 41.1 Å². The van der Waals surface area contributed by atoms with Crippen LogP contribution in [0.2, 0.25) is 5.02 Å². The van der Waals surface area contributed by atoms with Gasteiger partial charge in [0.15, 0.2) is 0 Å². The number of sulfonamides is 1. The first-order valence-corrected chi connectivity index (χ1v) is 10.3. The standard InChI is InChI=1S/C17H18ClNO2S2/c1-2-16-15-8-11-22-17(15)7-10-19(16)23(20,21)12-9-13-3-5-14(18)6-4-13/h3-6,8-9,11-12,16H,2,7,10H2,1H3/b12-9+. The number of nitrogens with zero attached hydrogens (tertiary/aromatic N) is 1. The number of rotatable bonds is 4. The predicted molar refractivity (Wildman–Crippen MR) is 97.2 cm³/mol. The minimum Gasteiger partial charge on any atom is -0.207 e. The first-order chi connectivity index (χ1) is 11.0. The van der Waals surface area contributed by atoms with E-state index in [9.17, 15) is 8.42 Å². The fraction of sp³-hybridized carbons (Fsp3) is 0.294. The van der Waals surface area contributed by atoms with E-state index in [4.69, 9.17) is 11.6 Å².